The fourth-order valence-electron chi connectivity index (χ4n) is 0.968. The maximum atomic E-state index is 10.6. The Balaban J connectivity index is 3.02. The highest BCUT2D eigenvalue weighted by molar-refractivity contribution is 9.10. The van der Waals surface area contributed by atoms with Crippen LogP contribution in [0.25, 0.3) is 0 Å². The fraction of sp³-hybridized carbons (Fsp3) is 0.375. The quantitative estimate of drug-likeness (QED) is 0.684. The summed E-state index contributed by atoms with van der Waals surface area (Å²) in [4.78, 5) is 12.3. The smallest absolute Gasteiger partial charge is 0.160 e. The lowest BCUT2D eigenvalue weighted by molar-refractivity contribution is 0.112. The third kappa shape index (κ3) is 2.62. The molecule has 0 aliphatic carbocycles. The Kier molecular flexibility index (Phi) is 4.09. The second-order valence-electron chi connectivity index (χ2n) is 2.58. The van der Waals surface area contributed by atoms with Crippen LogP contribution < -0.4 is 0 Å². The van der Waals surface area contributed by atoms with Gasteiger partial charge in [-0.15, -0.1) is 11.3 Å². The Morgan fingerprint density at radius 2 is 2.31 bits per heavy atom. The topological polar surface area (TPSA) is 37.3 Å². The molecule has 1 aromatic rings. The van der Waals surface area contributed by atoms with E-state index in [0.717, 1.165) is 26.1 Å². The van der Waals surface area contributed by atoms with Crippen molar-refractivity contribution in [3.05, 3.63) is 19.8 Å². The standard InChI is InChI=1S/C8H8Br2O2S/c1-4-6(3-11)13-5(8(4)10)2-7(9)12/h3,7,12H,2H2,1H3. The number of thiophene rings is 1. The van der Waals surface area contributed by atoms with Crippen LogP contribution in [-0.4, -0.2) is 16.4 Å². The van der Waals surface area contributed by atoms with Gasteiger partial charge in [0.25, 0.3) is 0 Å². The monoisotopic (exact) mass is 326 g/mol. The predicted octanol–water partition coefficient (Wildman–Crippen LogP) is 2.89. The van der Waals surface area contributed by atoms with Crippen LogP contribution in [0, 0.1) is 6.92 Å². The van der Waals surface area contributed by atoms with Gasteiger partial charge in [0.05, 0.1) is 4.88 Å². The van der Waals surface area contributed by atoms with Crippen LogP contribution in [-0.2, 0) is 6.42 Å². The first-order chi connectivity index (χ1) is 6.06. The Morgan fingerprint density at radius 3 is 2.69 bits per heavy atom. The van der Waals surface area contributed by atoms with Gasteiger partial charge >= 0.3 is 0 Å². The zero-order chi connectivity index (χ0) is 10.0. The van der Waals surface area contributed by atoms with Gasteiger partial charge in [-0.3, -0.25) is 4.79 Å². The van der Waals surface area contributed by atoms with Crippen molar-refractivity contribution in [1.82, 2.24) is 0 Å². The summed E-state index contributed by atoms with van der Waals surface area (Å²) in [5.74, 6) is 0. The van der Waals surface area contributed by atoms with E-state index in [1.54, 1.807) is 0 Å². The first-order valence-corrected chi connectivity index (χ1v) is 6.13. The van der Waals surface area contributed by atoms with E-state index in [2.05, 4.69) is 31.9 Å². The lowest BCUT2D eigenvalue weighted by atomic mass is 10.2. The Bertz CT molecular complexity index is 320. The molecule has 0 radical (unpaired) electrons. The molecule has 0 aliphatic rings. The summed E-state index contributed by atoms with van der Waals surface area (Å²) in [5.41, 5.74) is 0.947. The summed E-state index contributed by atoms with van der Waals surface area (Å²) < 4.78 is 0.929. The summed E-state index contributed by atoms with van der Waals surface area (Å²) >= 11 is 7.85. The predicted molar refractivity (Wildman–Crippen MR) is 60.8 cm³/mol. The van der Waals surface area contributed by atoms with Gasteiger partial charge in [-0.2, -0.15) is 0 Å². The molecule has 72 valence electrons. The van der Waals surface area contributed by atoms with Gasteiger partial charge in [-0.1, -0.05) is 15.9 Å². The molecule has 1 unspecified atom stereocenters. The Labute approximate surface area is 97.2 Å². The molecule has 0 saturated heterocycles. The zero-order valence-electron chi connectivity index (χ0n) is 6.88. The molecule has 2 nitrogen and oxygen atoms in total. The number of hydrogen-bond acceptors (Lipinski definition) is 3. The maximum Gasteiger partial charge on any atom is 0.160 e. The van der Waals surface area contributed by atoms with Crippen molar-refractivity contribution in [3.8, 4) is 0 Å². The minimum absolute atomic E-state index is 0.514. The van der Waals surface area contributed by atoms with Gasteiger partial charge in [-0.05, 0) is 28.4 Å². The maximum absolute atomic E-state index is 10.6. The second kappa shape index (κ2) is 4.68. The van der Waals surface area contributed by atoms with E-state index >= 15 is 0 Å². The van der Waals surface area contributed by atoms with E-state index in [-0.39, 0.29) is 0 Å². The minimum Gasteiger partial charge on any atom is -0.381 e. The molecule has 0 aliphatic heterocycles. The van der Waals surface area contributed by atoms with Gasteiger partial charge in [0.15, 0.2) is 6.29 Å². The number of aliphatic hydroxyl groups excluding tert-OH is 1. The van der Waals surface area contributed by atoms with E-state index in [1.807, 2.05) is 6.92 Å². The number of carbonyl (C=O) groups excluding carboxylic acids is 1. The normalized spacial score (nSPS) is 12.9. The van der Waals surface area contributed by atoms with Crippen molar-refractivity contribution in [2.45, 2.75) is 18.4 Å². The van der Waals surface area contributed by atoms with Crippen molar-refractivity contribution < 1.29 is 9.90 Å². The summed E-state index contributed by atoms with van der Waals surface area (Å²) in [6, 6.07) is 0. The van der Waals surface area contributed by atoms with E-state index in [1.165, 1.54) is 11.3 Å². The third-order valence-corrected chi connectivity index (χ3v) is 4.54. The van der Waals surface area contributed by atoms with Crippen LogP contribution in [0.15, 0.2) is 4.47 Å². The molecule has 0 aromatic carbocycles. The first kappa shape index (κ1) is 11.4. The van der Waals surface area contributed by atoms with Gasteiger partial charge in [0, 0.05) is 15.8 Å². The van der Waals surface area contributed by atoms with Crippen LogP contribution in [0.1, 0.15) is 20.1 Å². The number of halogens is 2. The molecule has 0 spiro atoms. The molecule has 0 saturated carbocycles. The molecule has 1 heterocycles. The zero-order valence-corrected chi connectivity index (χ0v) is 10.9. The molecule has 0 fully saturated rings. The molecule has 1 rings (SSSR count). The summed E-state index contributed by atoms with van der Waals surface area (Å²) in [6.45, 7) is 1.88. The number of aldehydes is 1. The van der Waals surface area contributed by atoms with E-state index in [0.29, 0.717) is 6.42 Å². The average molecular weight is 328 g/mol. The molecule has 1 aromatic heterocycles. The Morgan fingerprint density at radius 1 is 1.69 bits per heavy atom. The fourth-order valence-corrected chi connectivity index (χ4v) is 3.31. The number of hydrogen-bond donors (Lipinski definition) is 1. The molecule has 1 N–H and O–H groups in total. The van der Waals surface area contributed by atoms with Crippen molar-refractivity contribution in [3.63, 3.8) is 0 Å². The largest absolute Gasteiger partial charge is 0.381 e. The number of aliphatic hydroxyl groups is 1. The van der Waals surface area contributed by atoms with E-state index in [9.17, 15) is 4.79 Å². The van der Waals surface area contributed by atoms with Crippen LogP contribution in [0.5, 0.6) is 0 Å². The molecular weight excluding hydrogens is 320 g/mol. The van der Waals surface area contributed by atoms with Crippen LogP contribution >= 0.6 is 43.2 Å². The lowest BCUT2D eigenvalue weighted by Gasteiger charge is -1.99. The molecule has 0 bridgehead atoms. The highest BCUT2D eigenvalue weighted by Gasteiger charge is 2.13. The van der Waals surface area contributed by atoms with Crippen LogP contribution in [0.3, 0.4) is 0 Å². The number of carbonyl (C=O) groups is 1. The second-order valence-corrected chi connectivity index (χ2v) is 5.57. The van der Waals surface area contributed by atoms with Crippen molar-refractivity contribution in [2.75, 3.05) is 0 Å². The Hall–Kier alpha value is 0.290. The molecular formula is C8H8Br2O2S. The SMILES string of the molecule is Cc1c(C=O)sc(CC(O)Br)c1Br. The van der Waals surface area contributed by atoms with Crippen LogP contribution in [0.4, 0.5) is 0 Å². The van der Waals surface area contributed by atoms with Gasteiger partial charge in [-0.25, -0.2) is 0 Å². The molecule has 0 amide bonds. The average Bonchev–Trinajstić information content (AvgIpc) is 2.32. The van der Waals surface area contributed by atoms with Crippen molar-refractivity contribution in [1.29, 1.82) is 0 Å². The lowest BCUT2D eigenvalue weighted by Crippen LogP contribution is -1.98. The highest BCUT2D eigenvalue weighted by atomic mass is 79.9. The van der Waals surface area contributed by atoms with Crippen molar-refractivity contribution >= 4 is 49.5 Å². The molecule has 5 heteroatoms. The minimum atomic E-state index is -0.554. The van der Waals surface area contributed by atoms with E-state index in [4.69, 9.17) is 5.11 Å². The van der Waals surface area contributed by atoms with E-state index < -0.39 is 5.01 Å². The van der Waals surface area contributed by atoms with Crippen LogP contribution in [0.2, 0.25) is 0 Å². The van der Waals surface area contributed by atoms with Gasteiger partial charge < -0.3 is 5.11 Å². The summed E-state index contributed by atoms with van der Waals surface area (Å²) in [5, 5.41) is 8.56. The summed E-state index contributed by atoms with van der Waals surface area (Å²) in [6.07, 6.45) is 1.36. The summed E-state index contributed by atoms with van der Waals surface area (Å²) in [7, 11) is 0. The number of alkyl halides is 1. The van der Waals surface area contributed by atoms with Gasteiger partial charge in [0.1, 0.15) is 5.01 Å². The number of rotatable bonds is 3. The van der Waals surface area contributed by atoms with Gasteiger partial charge in [0.2, 0.25) is 0 Å². The first-order valence-electron chi connectivity index (χ1n) is 3.61. The van der Waals surface area contributed by atoms with Crippen molar-refractivity contribution in [2.24, 2.45) is 0 Å². The molecule has 13 heavy (non-hydrogen) atoms. The highest BCUT2D eigenvalue weighted by Crippen LogP contribution is 2.33. The third-order valence-electron chi connectivity index (χ3n) is 1.64. The molecule has 1 atom stereocenters.